The van der Waals surface area contributed by atoms with Gasteiger partial charge in [-0.05, 0) is 59.5 Å². The Morgan fingerprint density at radius 2 is 1.95 bits per heavy atom. The van der Waals surface area contributed by atoms with E-state index in [1.54, 1.807) is 6.07 Å². The monoisotopic (exact) mass is 349 g/mol. The minimum atomic E-state index is -0.252. The lowest BCUT2D eigenvalue weighted by Gasteiger charge is -2.14. The van der Waals surface area contributed by atoms with Gasteiger partial charge in [0.1, 0.15) is 11.6 Å². The van der Waals surface area contributed by atoms with Crippen LogP contribution in [0.1, 0.15) is 42.9 Å². The zero-order valence-electron chi connectivity index (χ0n) is 11.9. The van der Waals surface area contributed by atoms with Crippen LogP contribution in [0.4, 0.5) is 10.2 Å². The third kappa shape index (κ3) is 2.79. The van der Waals surface area contributed by atoms with E-state index in [2.05, 4.69) is 20.9 Å². The number of benzene rings is 1. The number of nitrogen functional groups attached to an aromatic ring is 1. The summed E-state index contributed by atoms with van der Waals surface area (Å²) < 4.78 is 14.1. The van der Waals surface area contributed by atoms with Crippen LogP contribution in [0.2, 0.25) is 0 Å². The van der Waals surface area contributed by atoms with Gasteiger partial charge < -0.3 is 5.73 Å². The van der Waals surface area contributed by atoms with Crippen LogP contribution in [-0.2, 0) is 0 Å². The Morgan fingerprint density at radius 3 is 2.62 bits per heavy atom. The second kappa shape index (κ2) is 5.72. The van der Waals surface area contributed by atoms with E-state index >= 15 is 0 Å². The Balaban J connectivity index is 2.10. The van der Waals surface area contributed by atoms with Crippen molar-refractivity contribution in [2.24, 2.45) is 0 Å². The lowest BCUT2D eigenvalue weighted by Crippen LogP contribution is -2.06. The molecule has 1 saturated carbocycles. The normalized spacial score (nSPS) is 15.6. The van der Waals surface area contributed by atoms with Gasteiger partial charge in [0.15, 0.2) is 5.82 Å². The number of aromatic nitrogens is 2. The molecule has 3 nitrogen and oxygen atoms in total. The molecule has 0 saturated heterocycles. The highest BCUT2D eigenvalue weighted by molar-refractivity contribution is 9.10. The number of aryl methyl sites for hydroxylation is 1. The van der Waals surface area contributed by atoms with E-state index in [0.29, 0.717) is 17.6 Å². The number of rotatable bonds is 2. The molecule has 2 N–H and O–H groups in total. The third-order valence-electron chi connectivity index (χ3n) is 4.07. The molecular weight excluding hydrogens is 333 g/mol. The van der Waals surface area contributed by atoms with Crippen LogP contribution in [0.5, 0.6) is 0 Å². The summed E-state index contributed by atoms with van der Waals surface area (Å²) in [5, 5.41) is 0. The molecule has 1 aromatic heterocycles. The Kier molecular flexibility index (Phi) is 3.93. The first-order valence-corrected chi connectivity index (χ1v) is 7.95. The molecule has 1 aliphatic rings. The van der Waals surface area contributed by atoms with E-state index in [4.69, 9.17) is 10.7 Å². The summed E-state index contributed by atoms with van der Waals surface area (Å²) in [6.45, 7) is 1.86. The number of nitrogens with two attached hydrogens (primary N) is 1. The molecule has 0 bridgehead atoms. The van der Waals surface area contributed by atoms with Gasteiger partial charge in [-0.3, -0.25) is 0 Å². The lowest BCUT2D eigenvalue weighted by atomic mass is 10.0. The Morgan fingerprint density at radius 1 is 1.24 bits per heavy atom. The maximum Gasteiger partial charge on any atom is 0.162 e. The molecule has 21 heavy (non-hydrogen) atoms. The summed E-state index contributed by atoms with van der Waals surface area (Å²) in [7, 11) is 0. The van der Waals surface area contributed by atoms with Gasteiger partial charge in [-0.2, -0.15) is 0 Å². The van der Waals surface area contributed by atoms with Gasteiger partial charge in [-0.25, -0.2) is 14.4 Å². The maximum absolute atomic E-state index is 13.3. The summed E-state index contributed by atoms with van der Waals surface area (Å²) in [4.78, 5) is 9.08. The first-order chi connectivity index (χ1) is 10.1. The van der Waals surface area contributed by atoms with Crippen molar-refractivity contribution >= 4 is 21.7 Å². The third-order valence-corrected chi connectivity index (χ3v) is 4.89. The predicted octanol–water partition coefficient (Wildman–Crippen LogP) is 4.59. The van der Waals surface area contributed by atoms with Crippen LogP contribution in [0, 0.1) is 12.7 Å². The Bertz CT molecular complexity index is 681. The summed E-state index contributed by atoms with van der Waals surface area (Å²) in [5.41, 5.74) is 8.66. The predicted molar refractivity (Wildman–Crippen MR) is 85.5 cm³/mol. The number of anilines is 1. The van der Waals surface area contributed by atoms with E-state index in [1.807, 2.05) is 6.92 Å². The van der Waals surface area contributed by atoms with E-state index < -0.39 is 0 Å². The van der Waals surface area contributed by atoms with Crippen LogP contribution >= 0.6 is 15.9 Å². The molecule has 0 aliphatic heterocycles. The summed E-state index contributed by atoms with van der Waals surface area (Å²) in [5.74, 6) is 1.21. The first-order valence-electron chi connectivity index (χ1n) is 7.15. The molecule has 2 aromatic rings. The molecule has 0 spiro atoms. The zero-order chi connectivity index (χ0) is 15.0. The van der Waals surface area contributed by atoms with Crippen molar-refractivity contribution in [2.75, 3.05) is 5.73 Å². The maximum atomic E-state index is 13.3. The molecule has 0 amide bonds. The summed E-state index contributed by atoms with van der Waals surface area (Å²) >= 11 is 3.52. The average molecular weight is 350 g/mol. The van der Waals surface area contributed by atoms with Crippen molar-refractivity contribution in [2.45, 2.75) is 38.5 Å². The molecule has 1 aliphatic carbocycles. The molecule has 0 atom stereocenters. The molecule has 1 heterocycles. The van der Waals surface area contributed by atoms with Gasteiger partial charge >= 0.3 is 0 Å². The van der Waals surface area contributed by atoms with Gasteiger partial charge in [0.2, 0.25) is 0 Å². The fourth-order valence-corrected chi connectivity index (χ4v) is 3.45. The molecular formula is C16H17BrFN3. The van der Waals surface area contributed by atoms with Crippen molar-refractivity contribution in [1.82, 2.24) is 9.97 Å². The van der Waals surface area contributed by atoms with Crippen LogP contribution in [0.25, 0.3) is 11.4 Å². The average Bonchev–Trinajstić information content (AvgIpc) is 2.96. The number of hydrogen-bond donors (Lipinski definition) is 1. The van der Waals surface area contributed by atoms with Gasteiger partial charge in [0.05, 0.1) is 10.2 Å². The van der Waals surface area contributed by atoms with Gasteiger partial charge in [-0.1, -0.05) is 12.8 Å². The second-order valence-electron chi connectivity index (χ2n) is 5.57. The van der Waals surface area contributed by atoms with Crippen molar-refractivity contribution in [1.29, 1.82) is 0 Å². The molecule has 3 rings (SSSR count). The summed E-state index contributed by atoms with van der Waals surface area (Å²) in [6, 6.07) is 4.64. The minimum absolute atomic E-state index is 0.252. The molecule has 110 valence electrons. The number of nitrogens with zero attached hydrogens (tertiary/aromatic N) is 2. The van der Waals surface area contributed by atoms with Crippen molar-refractivity contribution < 1.29 is 4.39 Å². The van der Waals surface area contributed by atoms with E-state index in [-0.39, 0.29) is 5.82 Å². The van der Waals surface area contributed by atoms with Crippen molar-refractivity contribution in [3.05, 3.63) is 39.7 Å². The molecule has 5 heteroatoms. The second-order valence-corrected chi connectivity index (χ2v) is 6.37. The van der Waals surface area contributed by atoms with Crippen LogP contribution in [0.15, 0.2) is 22.7 Å². The standard InChI is InChI=1S/C16H17BrFN3/c1-9-8-11(18)6-7-12(9)16-20-14(10-4-2-3-5-10)13(17)15(19)21-16/h6-8,10H,2-5H2,1H3,(H2,19,20,21). The SMILES string of the molecule is Cc1cc(F)ccc1-c1nc(N)c(Br)c(C2CCCC2)n1. The van der Waals surface area contributed by atoms with E-state index in [1.165, 1.54) is 25.0 Å². The van der Waals surface area contributed by atoms with Gasteiger partial charge in [0.25, 0.3) is 0 Å². The number of hydrogen-bond acceptors (Lipinski definition) is 3. The van der Waals surface area contributed by atoms with Gasteiger partial charge in [-0.15, -0.1) is 0 Å². The fourth-order valence-electron chi connectivity index (χ4n) is 2.95. The van der Waals surface area contributed by atoms with Crippen molar-refractivity contribution in [3.8, 4) is 11.4 Å². The van der Waals surface area contributed by atoms with E-state index in [0.717, 1.165) is 34.1 Å². The zero-order valence-corrected chi connectivity index (χ0v) is 13.5. The summed E-state index contributed by atoms with van der Waals surface area (Å²) in [6.07, 6.45) is 4.73. The minimum Gasteiger partial charge on any atom is -0.383 e. The smallest absolute Gasteiger partial charge is 0.162 e. The highest BCUT2D eigenvalue weighted by atomic mass is 79.9. The number of halogens is 2. The fraction of sp³-hybridized carbons (Fsp3) is 0.375. The molecule has 0 radical (unpaired) electrons. The first kappa shape index (κ1) is 14.4. The Labute approximate surface area is 131 Å². The van der Waals surface area contributed by atoms with Crippen LogP contribution in [0.3, 0.4) is 0 Å². The van der Waals surface area contributed by atoms with E-state index in [9.17, 15) is 4.39 Å². The van der Waals surface area contributed by atoms with Crippen LogP contribution < -0.4 is 5.73 Å². The van der Waals surface area contributed by atoms with Crippen LogP contribution in [-0.4, -0.2) is 9.97 Å². The highest BCUT2D eigenvalue weighted by Gasteiger charge is 2.23. The molecule has 1 aromatic carbocycles. The van der Waals surface area contributed by atoms with Crippen molar-refractivity contribution in [3.63, 3.8) is 0 Å². The lowest BCUT2D eigenvalue weighted by molar-refractivity contribution is 0.627. The largest absolute Gasteiger partial charge is 0.383 e. The van der Waals surface area contributed by atoms with Gasteiger partial charge in [0, 0.05) is 11.5 Å². The highest BCUT2D eigenvalue weighted by Crippen LogP contribution is 2.39. The Hall–Kier alpha value is -1.49. The topological polar surface area (TPSA) is 51.8 Å². The quantitative estimate of drug-likeness (QED) is 0.862. The molecule has 0 unspecified atom stereocenters. The molecule has 1 fully saturated rings.